The Kier molecular flexibility index (Phi) is 12.4. The molecule has 0 spiro atoms. The highest BCUT2D eigenvalue weighted by atomic mass is 19.4. The molecule has 0 aliphatic carbocycles. The molecule has 4 bridgehead atoms. The standard InChI is InChI=1S/C31H44F3N5O5/c1-18(2)26-29(42)36-21(5)30(43)39-15-9-13-24(38-39)28(41)35-20(4)23-12-8-11-22(16-23)10-6-7-14-25(19(3)27(40)37-26)44-17-31(32,33)34/h6,8,10-12,16,18-21,24-26,38H,7,9,13-15,17H2,1-5H3,(H,35,41)(H,36,42)(H,37,40)/b10-6+/t19-,20-,21?,24+,25-,26?/m1/s1. The van der Waals surface area contributed by atoms with Crippen molar-refractivity contribution in [2.75, 3.05) is 13.2 Å². The fraction of sp³-hybridized carbons (Fsp3) is 0.613. The van der Waals surface area contributed by atoms with Gasteiger partial charge in [0.25, 0.3) is 5.91 Å². The number of benzene rings is 1. The van der Waals surface area contributed by atoms with Gasteiger partial charge in [-0.05, 0) is 62.6 Å². The third-order valence-corrected chi connectivity index (χ3v) is 7.87. The highest BCUT2D eigenvalue weighted by Crippen LogP contribution is 2.22. The molecule has 1 fully saturated rings. The molecule has 1 saturated heterocycles. The number of ether oxygens (including phenoxy) is 1. The number of fused-ring (bicyclic) bond motifs is 4. The summed E-state index contributed by atoms with van der Waals surface area (Å²) in [5.41, 5.74) is 4.66. The molecule has 10 nitrogen and oxygen atoms in total. The predicted molar refractivity (Wildman–Crippen MR) is 158 cm³/mol. The summed E-state index contributed by atoms with van der Waals surface area (Å²) in [6, 6.07) is 4.47. The van der Waals surface area contributed by atoms with E-state index in [0.29, 0.717) is 25.8 Å². The molecule has 6 atom stereocenters. The second-order valence-corrected chi connectivity index (χ2v) is 11.9. The monoisotopic (exact) mass is 623 g/mol. The van der Waals surface area contributed by atoms with Crippen LogP contribution in [0.4, 0.5) is 13.2 Å². The second kappa shape index (κ2) is 15.5. The van der Waals surface area contributed by atoms with E-state index in [9.17, 15) is 32.3 Å². The third kappa shape index (κ3) is 10.0. The summed E-state index contributed by atoms with van der Waals surface area (Å²) in [5, 5.41) is 9.61. The summed E-state index contributed by atoms with van der Waals surface area (Å²) >= 11 is 0. The highest BCUT2D eigenvalue weighted by Gasteiger charge is 2.36. The number of nitrogens with one attached hydrogen (secondary N) is 4. The Bertz CT molecular complexity index is 1210. The van der Waals surface area contributed by atoms with Gasteiger partial charge in [-0.1, -0.05) is 51.1 Å². The summed E-state index contributed by atoms with van der Waals surface area (Å²) in [5.74, 6) is -3.36. The van der Waals surface area contributed by atoms with E-state index in [2.05, 4.69) is 21.4 Å². The summed E-state index contributed by atoms with van der Waals surface area (Å²) in [6.07, 6.45) is -0.475. The number of alkyl halides is 3. The molecule has 2 heterocycles. The lowest BCUT2D eigenvalue weighted by Crippen LogP contribution is -2.62. The molecule has 13 heteroatoms. The van der Waals surface area contributed by atoms with Crippen molar-refractivity contribution < 1.29 is 37.1 Å². The van der Waals surface area contributed by atoms with Crippen molar-refractivity contribution in [1.82, 2.24) is 26.4 Å². The Morgan fingerprint density at radius 2 is 1.66 bits per heavy atom. The molecule has 44 heavy (non-hydrogen) atoms. The zero-order chi connectivity index (χ0) is 32.6. The minimum atomic E-state index is -4.58. The zero-order valence-electron chi connectivity index (χ0n) is 25.9. The Labute approximate surface area is 256 Å². The van der Waals surface area contributed by atoms with E-state index in [1.807, 2.05) is 37.3 Å². The van der Waals surface area contributed by atoms with Crippen molar-refractivity contribution in [3.8, 4) is 0 Å². The molecule has 1 aromatic carbocycles. The van der Waals surface area contributed by atoms with Crippen LogP contribution in [0.1, 0.15) is 77.5 Å². The maximum atomic E-state index is 13.2. The lowest BCUT2D eigenvalue weighted by atomic mass is 9.96. The van der Waals surface area contributed by atoms with Crippen LogP contribution in [0.15, 0.2) is 30.3 Å². The van der Waals surface area contributed by atoms with Crippen molar-refractivity contribution in [2.45, 2.75) is 96.7 Å². The number of hydrogen-bond donors (Lipinski definition) is 4. The predicted octanol–water partition coefficient (Wildman–Crippen LogP) is 3.40. The number of halogens is 3. The lowest BCUT2D eigenvalue weighted by molar-refractivity contribution is -0.191. The van der Waals surface area contributed by atoms with Gasteiger partial charge >= 0.3 is 6.18 Å². The van der Waals surface area contributed by atoms with Gasteiger partial charge in [0.05, 0.1) is 18.1 Å². The molecule has 2 aliphatic heterocycles. The van der Waals surface area contributed by atoms with E-state index < -0.39 is 66.6 Å². The van der Waals surface area contributed by atoms with Gasteiger partial charge in [-0.15, -0.1) is 0 Å². The van der Waals surface area contributed by atoms with E-state index in [1.54, 1.807) is 19.9 Å². The van der Waals surface area contributed by atoms with E-state index in [1.165, 1.54) is 18.9 Å². The normalized spacial score (nSPS) is 29.2. The first-order chi connectivity index (χ1) is 20.7. The minimum absolute atomic E-state index is 0.127. The summed E-state index contributed by atoms with van der Waals surface area (Å²) in [7, 11) is 0. The molecule has 0 aromatic heterocycles. The van der Waals surface area contributed by atoms with Gasteiger partial charge in [0.15, 0.2) is 0 Å². The van der Waals surface area contributed by atoms with Crippen molar-refractivity contribution in [3.63, 3.8) is 0 Å². The van der Waals surface area contributed by atoms with E-state index >= 15 is 0 Å². The summed E-state index contributed by atoms with van der Waals surface area (Å²) in [6.45, 7) is 7.08. The van der Waals surface area contributed by atoms with Crippen LogP contribution in [0.3, 0.4) is 0 Å². The molecule has 4 N–H and O–H groups in total. The molecular weight excluding hydrogens is 579 g/mol. The van der Waals surface area contributed by atoms with Gasteiger partial charge in [0.1, 0.15) is 24.7 Å². The molecule has 3 rings (SSSR count). The molecule has 244 valence electrons. The number of allylic oxidation sites excluding steroid dienone is 1. The third-order valence-electron chi connectivity index (χ3n) is 7.87. The minimum Gasteiger partial charge on any atom is -0.368 e. The first-order valence-corrected chi connectivity index (χ1v) is 15.1. The number of carbonyl (C=O) groups excluding carboxylic acids is 4. The number of rotatable bonds is 3. The highest BCUT2D eigenvalue weighted by molar-refractivity contribution is 5.92. The summed E-state index contributed by atoms with van der Waals surface area (Å²) < 4.78 is 44.3. The van der Waals surface area contributed by atoms with Crippen LogP contribution < -0.4 is 21.4 Å². The molecule has 0 saturated carbocycles. The topological polar surface area (TPSA) is 129 Å². The van der Waals surface area contributed by atoms with Gasteiger partial charge in [-0.2, -0.15) is 13.2 Å². The Morgan fingerprint density at radius 3 is 2.34 bits per heavy atom. The van der Waals surface area contributed by atoms with Crippen molar-refractivity contribution in [3.05, 3.63) is 41.5 Å². The number of carbonyl (C=O) groups is 4. The van der Waals surface area contributed by atoms with Crippen LogP contribution >= 0.6 is 0 Å². The molecule has 2 aliphatic rings. The van der Waals surface area contributed by atoms with Crippen LogP contribution in [-0.4, -0.2) is 72.2 Å². The average molecular weight is 624 g/mol. The van der Waals surface area contributed by atoms with E-state index in [0.717, 1.165) is 11.1 Å². The lowest BCUT2D eigenvalue weighted by Gasteiger charge is -2.35. The maximum absolute atomic E-state index is 13.2. The van der Waals surface area contributed by atoms with Crippen molar-refractivity contribution in [2.24, 2.45) is 11.8 Å². The SMILES string of the molecule is CC1NC(=O)C(C(C)C)NC(=O)[C@H](C)[C@H](OCC(F)(F)F)CC/C=C/c2cccc(c2)[C@@H](C)NC(=O)[C@@H]2CCCN(N2)C1=O. The van der Waals surface area contributed by atoms with Crippen molar-refractivity contribution >= 4 is 29.7 Å². The Balaban J connectivity index is 1.90. The molecule has 1 aromatic rings. The first-order valence-electron chi connectivity index (χ1n) is 15.1. The molecule has 2 unspecified atom stereocenters. The number of hydrazine groups is 1. The molecular formula is C31H44F3N5O5. The number of amides is 4. The van der Waals surface area contributed by atoms with Gasteiger partial charge in [0.2, 0.25) is 17.7 Å². The first kappa shape index (κ1) is 35.0. The molecule has 4 amide bonds. The largest absolute Gasteiger partial charge is 0.411 e. The summed E-state index contributed by atoms with van der Waals surface area (Å²) in [4.78, 5) is 52.8. The molecule has 0 radical (unpaired) electrons. The Hall–Kier alpha value is -3.45. The van der Waals surface area contributed by atoms with Crippen LogP contribution in [0.2, 0.25) is 0 Å². The van der Waals surface area contributed by atoms with E-state index in [-0.39, 0.29) is 18.4 Å². The van der Waals surface area contributed by atoms with E-state index in [4.69, 9.17) is 4.74 Å². The van der Waals surface area contributed by atoms with Gasteiger partial charge in [-0.3, -0.25) is 24.2 Å². The quantitative estimate of drug-likeness (QED) is 0.409. The fourth-order valence-corrected chi connectivity index (χ4v) is 5.21. The van der Waals surface area contributed by atoms with Crippen LogP contribution in [0, 0.1) is 11.8 Å². The average Bonchev–Trinajstić information content (AvgIpc) is 2.97. The van der Waals surface area contributed by atoms with Crippen LogP contribution in [0.5, 0.6) is 0 Å². The Morgan fingerprint density at radius 1 is 0.955 bits per heavy atom. The number of hydrogen-bond acceptors (Lipinski definition) is 6. The number of nitrogens with zero attached hydrogens (tertiary/aromatic N) is 1. The maximum Gasteiger partial charge on any atom is 0.411 e. The van der Waals surface area contributed by atoms with Gasteiger partial charge < -0.3 is 20.7 Å². The van der Waals surface area contributed by atoms with Crippen LogP contribution in [-0.2, 0) is 23.9 Å². The fourth-order valence-electron chi connectivity index (χ4n) is 5.21. The zero-order valence-corrected chi connectivity index (χ0v) is 25.9. The van der Waals surface area contributed by atoms with Gasteiger partial charge in [0, 0.05) is 6.54 Å². The smallest absolute Gasteiger partial charge is 0.368 e. The van der Waals surface area contributed by atoms with Gasteiger partial charge in [-0.25, -0.2) is 5.43 Å². The van der Waals surface area contributed by atoms with Crippen molar-refractivity contribution in [1.29, 1.82) is 0 Å². The van der Waals surface area contributed by atoms with Crippen LogP contribution in [0.25, 0.3) is 6.08 Å². The second-order valence-electron chi connectivity index (χ2n) is 11.9.